The van der Waals surface area contributed by atoms with Gasteiger partial charge < -0.3 is 20.3 Å². The van der Waals surface area contributed by atoms with Crippen molar-refractivity contribution in [3.8, 4) is 0 Å². The number of hydrogen-bond donors (Lipinski definition) is 2. The molecular formula is C27H33F3N4O2. The summed E-state index contributed by atoms with van der Waals surface area (Å²) in [4.78, 5) is 20.2. The Morgan fingerprint density at radius 2 is 2.00 bits per heavy atom. The van der Waals surface area contributed by atoms with Crippen molar-refractivity contribution in [2.75, 3.05) is 23.4 Å². The number of nitrogens with zero attached hydrogens (tertiary/aromatic N) is 2. The van der Waals surface area contributed by atoms with Crippen LogP contribution in [0, 0.1) is 5.92 Å². The summed E-state index contributed by atoms with van der Waals surface area (Å²) in [6.07, 6.45) is 1.76. The number of rotatable bonds is 4. The van der Waals surface area contributed by atoms with Crippen LogP contribution in [-0.4, -0.2) is 42.4 Å². The van der Waals surface area contributed by atoms with E-state index in [-0.39, 0.29) is 17.9 Å². The molecule has 0 radical (unpaired) electrons. The molecule has 5 rings (SSSR count). The number of alkyl halides is 3. The zero-order valence-electron chi connectivity index (χ0n) is 20.5. The summed E-state index contributed by atoms with van der Waals surface area (Å²) < 4.78 is 44.6. The number of pyridine rings is 1. The number of halogens is 3. The van der Waals surface area contributed by atoms with Gasteiger partial charge in [0, 0.05) is 36.2 Å². The van der Waals surface area contributed by atoms with E-state index in [0.717, 1.165) is 54.7 Å². The molecular weight excluding hydrogens is 469 g/mol. The van der Waals surface area contributed by atoms with Crippen molar-refractivity contribution in [2.45, 2.75) is 76.2 Å². The molecule has 3 heterocycles. The summed E-state index contributed by atoms with van der Waals surface area (Å²) in [7, 11) is 0. The monoisotopic (exact) mass is 502 g/mol. The number of nitrogens with one attached hydrogen (secondary N) is 2. The molecule has 1 saturated heterocycles. The fourth-order valence-electron chi connectivity index (χ4n) is 5.57. The molecule has 2 aromatic rings. The van der Waals surface area contributed by atoms with Gasteiger partial charge in [-0.1, -0.05) is 12.1 Å². The topological polar surface area (TPSA) is 66.5 Å². The SMILES string of the molecule is C[C@H](N[C@H]1CC[C@H](C(=O)N2Cc3cccnc3Nc3ccc([C@H]4CCCOC4)cc32)CC1)C(F)(F)F. The van der Waals surface area contributed by atoms with Crippen molar-refractivity contribution in [3.05, 3.63) is 47.7 Å². The highest BCUT2D eigenvalue weighted by molar-refractivity contribution is 5.99. The first-order valence-corrected chi connectivity index (χ1v) is 12.9. The van der Waals surface area contributed by atoms with Crippen LogP contribution in [0.1, 0.15) is 62.5 Å². The lowest BCUT2D eigenvalue weighted by Crippen LogP contribution is -2.47. The smallest absolute Gasteiger partial charge is 0.381 e. The Morgan fingerprint density at radius 3 is 2.72 bits per heavy atom. The maximum Gasteiger partial charge on any atom is 0.403 e. The van der Waals surface area contributed by atoms with E-state index in [1.807, 2.05) is 23.1 Å². The van der Waals surface area contributed by atoms with Gasteiger partial charge in [0.2, 0.25) is 5.91 Å². The van der Waals surface area contributed by atoms with Crippen LogP contribution in [0.4, 0.5) is 30.4 Å². The fraction of sp³-hybridized carbons (Fsp3) is 0.556. The molecule has 2 N–H and O–H groups in total. The molecule has 1 aliphatic carbocycles. The highest BCUT2D eigenvalue weighted by Gasteiger charge is 2.39. The van der Waals surface area contributed by atoms with Crippen LogP contribution in [-0.2, 0) is 16.1 Å². The Kier molecular flexibility index (Phi) is 7.21. The van der Waals surface area contributed by atoms with E-state index >= 15 is 0 Å². The molecule has 2 atom stereocenters. The second-order valence-electron chi connectivity index (χ2n) is 10.2. The summed E-state index contributed by atoms with van der Waals surface area (Å²) in [6.45, 7) is 3.01. The number of carbonyl (C=O) groups is 1. The molecule has 2 fully saturated rings. The van der Waals surface area contributed by atoms with Gasteiger partial charge in [-0.25, -0.2) is 4.98 Å². The summed E-state index contributed by atoms with van der Waals surface area (Å²) in [6, 6.07) is 8.27. The van der Waals surface area contributed by atoms with Gasteiger partial charge in [0.05, 0.1) is 24.5 Å². The first-order valence-electron chi connectivity index (χ1n) is 12.9. The average molecular weight is 503 g/mol. The van der Waals surface area contributed by atoms with Crippen LogP contribution in [0.2, 0.25) is 0 Å². The van der Waals surface area contributed by atoms with E-state index in [9.17, 15) is 18.0 Å². The second-order valence-corrected chi connectivity index (χ2v) is 10.2. The predicted octanol–water partition coefficient (Wildman–Crippen LogP) is 5.67. The highest BCUT2D eigenvalue weighted by atomic mass is 19.4. The number of fused-ring (bicyclic) bond motifs is 2. The van der Waals surface area contributed by atoms with Crippen LogP contribution < -0.4 is 15.5 Å². The highest BCUT2D eigenvalue weighted by Crippen LogP contribution is 2.40. The van der Waals surface area contributed by atoms with E-state index in [0.29, 0.717) is 44.8 Å². The third kappa shape index (κ3) is 5.37. The van der Waals surface area contributed by atoms with Gasteiger partial charge in [-0.2, -0.15) is 13.2 Å². The number of aromatic nitrogens is 1. The lowest BCUT2D eigenvalue weighted by molar-refractivity contribution is -0.154. The van der Waals surface area contributed by atoms with Crippen molar-refractivity contribution in [2.24, 2.45) is 5.92 Å². The molecule has 0 spiro atoms. The normalized spacial score (nSPS) is 25.2. The van der Waals surface area contributed by atoms with Gasteiger partial charge in [-0.05, 0) is 69.2 Å². The molecule has 1 amide bonds. The van der Waals surface area contributed by atoms with Crippen molar-refractivity contribution in [1.29, 1.82) is 0 Å². The van der Waals surface area contributed by atoms with Crippen LogP contribution in [0.5, 0.6) is 0 Å². The van der Waals surface area contributed by atoms with Gasteiger partial charge in [0.15, 0.2) is 0 Å². The summed E-state index contributed by atoms with van der Waals surface area (Å²) in [5.74, 6) is 0.824. The molecule has 1 saturated carbocycles. The lowest BCUT2D eigenvalue weighted by Gasteiger charge is -2.34. The van der Waals surface area contributed by atoms with Crippen molar-refractivity contribution in [1.82, 2.24) is 10.3 Å². The van der Waals surface area contributed by atoms with Crippen molar-refractivity contribution >= 4 is 23.1 Å². The molecule has 2 aliphatic heterocycles. The zero-order valence-corrected chi connectivity index (χ0v) is 20.5. The van der Waals surface area contributed by atoms with E-state index in [1.54, 1.807) is 6.20 Å². The van der Waals surface area contributed by atoms with Gasteiger partial charge in [0.25, 0.3) is 0 Å². The molecule has 3 aliphatic rings. The molecule has 194 valence electrons. The minimum Gasteiger partial charge on any atom is -0.381 e. The fourth-order valence-corrected chi connectivity index (χ4v) is 5.57. The van der Waals surface area contributed by atoms with E-state index in [4.69, 9.17) is 4.74 Å². The summed E-state index contributed by atoms with van der Waals surface area (Å²) in [5.41, 5.74) is 3.74. The van der Waals surface area contributed by atoms with Crippen LogP contribution >= 0.6 is 0 Å². The van der Waals surface area contributed by atoms with Gasteiger partial charge in [-0.15, -0.1) is 0 Å². The lowest BCUT2D eigenvalue weighted by atomic mass is 9.84. The zero-order chi connectivity index (χ0) is 25.3. The van der Waals surface area contributed by atoms with Crippen LogP contribution in [0.3, 0.4) is 0 Å². The van der Waals surface area contributed by atoms with Crippen LogP contribution in [0.15, 0.2) is 36.5 Å². The minimum absolute atomic E-state index is 0.0223. The third-order valence-corrected chi connectivity index (χ3v) is 7.74. The number of carbonyl (C=O) groups excluding carboxylic acids is 1. The molecule has 0 unspecified atom stereocenters. The van der Waals surface area contributed by atoms with Gasteiger partial charge in [0.1, 0.15) is 11.9 Å². The molecule has 9 heteroatoms. The second kappa shape index (κ2) is 10.4. The molecule has 1 aromatic heterocycles. The Balaban J connectivity index is 1.37. The molecule has 36 heavy (non-hydrogen) atoms. The Bertz CT molecular complexity index is 1080. The van der Waals surface area contributed by atoms with Crippen LogP contribution in [0.25, 0.3) is 0 Å². The number of hydrogen-bond acceptors (Lipinski definition) is 5. The maximum absolute atomic E-state index is 13.9. The molecule has 0 bridgehead atoms. The van der Waals surface area contributed by atoms with E-state index < -0.39 is 12.2 Å². The molecule has 1 aromatic carbocycles. The predicted molar refractivity (Wildman–Crippen MR) is 132 cm³/mol. The minimum atomic E-state index is -4.27. The van der Waals surface area contributed by atoms with Crippen molar-refractivity contribution < 1.29 is 22.7 Å². The number of amides is 1. The number of ether oxygens (including phenoxy) is 1. The Morgan fingerprint density at radius 1 is 1.19 bits per heavy atom. The largest absolute Gasteiger partial charge is 0.403 e. The van der Waals surface area contributed by atoms with Crippen molar-refractivity contribution in [3.63, 3.8) is 0 Å². The Hall–Kier alpha value is -2.65. The first-order chi connectivity index (χ1) is 17.3. The standard InChI is InChI=1S/C27H33F3N4O2/c1-17(27(28,29)30)32-22-9-6-18(7-10-22)26(35)34-15-20-4-2-12-31-25(20)33-23-11-8-19(14-24(23)34)21-5-3-13-36-16-21/h2,4,8,11-12,14,17-18,21-22,32H,3,5-7,9-10,13,15-16H2,1H3,(H,31,33)/t17-,18-,21-,22-/m0/s1. The van der Waals surface area contributed by atoms with E-state index in [2.05, 4.69) is 27.8 Å². The Labute approximate surface area is 209 Å². The van der Waals surface area contributed by atoms with Gasteiger partial charge >= 0.3 is 6.18 Å². The van der Waals surface area contributed by atoms with E-state index in [1.165, 1.54) is 0 Å². The quantitative estimate of drug-likeness (QED) is 0.564. The summed E-state index contributed by atoms with van der Waals surface area (Å²) >= 11 is 0. The average Bonchev–Trinajstić information content (AvgIpc) is 3.05. The third-order valence-electron chi connectivity index (χ3n) is 7.74. The molecule has 6 nitrogen and oxygen atoms in total. The maximum atomic E-state index is 13.9. The number of benzene rings is 1. The first kappa shape index (κ1) is 25.0. The number of anilines is 3. The van der Waals surface area contributed by atoms with Gasteiger partial charge in [-0.3, -0.25) is 4.79 Å². The summed E-state index contributed by atoms with van der Waals surface area (Å²) in [5, 5.41) is 6.11.